The standard InChI is InChI=1S/C10H11NO2/c1-8(12)6-11-7-9-4-2-3-5-10(9)13/h2-5,7,13H,6H2,1H3. The minimum Gasteiger partial charge on any atom is -0.507 e. The molecule has 0 amide bonds. The van der Waals surface area contributed by atoms with Crippen LogP contribution in [0.1, 0.15) is 12.5 Å². The number of Topliss-reactive ketones (excluding diaryl/α,β-unsaturated/α-hetero) is 1. The summed E-state index contributed by atoms with van der Waals surface area (Å²) in [4.78, 5) is 14.4. The first-order valence-corrected chi connectivity index (χ1v) is 3.97. The lowest BCUT2D eigenvalue weighted by Gasteiger charge is -1.95. The van der Waals surface area contributed by atoms with Gasteiger partial charge in [0.1, 0.15) is 5.75 Å². The summed E-state index contributed by atoms with van der Waals surface area (Å²) in [6.07, 6.45) is 1.50. The van der Waals surface area contributed by atoms with Crippen LogP contribution in [0.5, 0.6) is 5.75 Å². The molecule has 1 N–H and O–H groups in total. The summed E-state index contributed by atoms with van der Waals surface area (Å²) in [6.45, 7) is 1.64. The van der Waals surface area contributed by atoms with Crippen molar-refractivity contribution in [2.75, 3.05) is 6.54 Å². The minimum absolute atomic E-state index is 0.00618. The molecule has 0 aromatic heterocycles. The van der Waals surface area contributed by atoms with Crippen molar-refractivity contribution in [3.8, 4) is 5.75 Å². The highest BCUT2D eigenvalue weighted by atomic mass is 16.3. The molecule has 13 heavy (non-hydrogen) atoms. The lowest BCUT2D eigenvalue weighted by Crippen LogP contribution is -1.95. The zero-order chi connectivity index (χ0) is 9.68. The summed E-state index contributed by atoms with van der Waals surface area (Å²) in [7, 11) is 0. The van der Waals surface area contributed by atoms with Crippen molar-refractivity contribution in [3.63, 3.8) is 0 Å². The number of carbonyl (C=O) groups excluding carboxylic acids is 1. The molecule has 1 aromatic rings. The minimum atomic E-state index is 0.00618. The Kier molecular flexibility index (Phi) is 3.20. The van der Waals surface area contributed by atoms with Gasteiger partial charge in [0, 0.05) is 11.8 Å². The Labute approximate surface area is 76.7 Å². The van der Waals surface area contributed by atoms with Crippen LogP contribution in [0.15, 0.2) is 29.3 Å². The van der Waals surface area contributed by atoms with Gasteiger partial charge in [-0.1, -0.05) is 12.1 Å². The second kappa shape index (κ2) is 4.40. The Hall–Kier alpha value is -1.64. The van der Waals surface area contributed by atoms with Gasteiger partial charge in [-0.3, -0.25) is 9.79 Å². The molecule has 0 fully saturated rings. The summed E-state index contributed by atoms with van der Waals surface area (Å²) < 4.78 is 0. The average Bonchev–Trinajstić information content (AvgIpc) is 2.08. The van der Waals surface area contributed by atoms with Gasteiger partial charge >= 0.3 is 0 Å². The molecule has 1 rings (SSSR count). The van der Waals surface area contributed by atoms with Crippen molar-refractivity contribution in [1.82, 2.24) is 0 Å². The molecule has 0 saturated carbocycles. The van der Waals surface area contributed by atoms with Gasteiger partial charge in [-0.25, -0.2) is 0 Å². The first-order chi connectivity index (χ1) is 6.20. The van der Waals surface area contributed by atoms with E-state index in [1.54, 1.807) is 24.3 Å². The highest BCUT2D eigenvalue weighted by Crippen LogP contribution is 2.12. The van der Waals surface area contributed by atoms with Crippen molar-refractivity contribution in [2.45, 2.75) is 6.92 Å². The number of benzene rings is 1. The number of carbonyl (C=O) groups is 1. The number of hydrogen-bond donors (Lipinski definition) is 1. The van der Waals surface area contributed by atoms with Gasteiger partial charge in [0.25, 0.3) is 0 Å². The van der Waals surface area contributed by atoms with Crippen LogP contribution in [0.2, 0.25) is 0 Å². The molecule has 1 aromatic carbocycles. The number of phenols is 1. The summed E-state index contributed by atoms with van der Waals surface area (Å²) >= 11 is 0. The van der Waals surface area contributed by atoms with Crippen molar-refractivity contribution < 1.29 is 9.90 Å². The van der Waals surface area contributed by atoms with E-state index in [1.807, 2.05) is 0 Å². The number of ketones is 1. The van der Waals surface area contributed by atoms with Crippen LogP contribution >= 0.6 is 0 Å². The van der Waals surface area contributed by atoms with E-state index >= 15 is 0 Å². The highest BCUT2D eigenvalue weighted by Gasteiger charge is 1.94. The molecule has 3 nitrogen and oxygen atoms in total. The Morgan fingerprint density at radius 2 is 2.23 bits per heavy atom. The average molecular weight is 177 g/mol. The van der Waals surface area contributed by atoms with Gasteiger partial charge in [0.15, 0.2) is 5.78 Å². The molecule has 0 aliphatic rings. The van der Waals surface area contributed by atoms with Gasteiger partial charge in [-0.05, 0) is 19.1 Å². The molecule has 0 heterocycles. The molecule has 0 aliphatic carbocycles. The van der Waals surface area contributed by atoms with Crippen LogP contribution in [-0.4, -0.2) is 23.6 Å². The Balaban J connectivity index is 2.68. The van der Waals surface area contributed by atoms with Crippen LogP contribution < -0.4 is 0 Å². The largest absolute Gasteiger partial charge is 0.507 e. The summed E-state index contributed by atoms with van der Waals surface area (Å²) in [6, 6.07) is 6.85. The predicted octanol–water partition coefficient (Wildman–Crippen LogP) is 1.40. The zero-order valence-corrected chi connectivity index (χ0v) is 7.40. The van der Waals surface area contributed by atoms with E-state index in [1.165, 1.54) is 13.1 Å². The number of para-hydroxylation sites is 1. The number of aromatic hydroxyl groups is 1. The number of phenolic OH excluding ortho intramolecular Hbond substituents is 1. The zero-order valence-electron chi connectivity index (χ0n) is 7.40. The van der Waals surface area contributed by atoms with E-state index < -0.39 is 0 Å². The van der Waals surface area contributed by atoms with E-state index in [0.717, 1.165) is 0 Å². The summed E-state index contributed by atoms with van der Waals surface area (Å²) in [5.41, 5.74) is 0.628. The van der Waals surface area contributed by atoms with E-state index in [-0.39, 0.29) is 18.1 Å². The van der Waals surface area contributed by atoms with E-state index in [2.05, 4.69) is 4.99 Å². The van der Waals surface area contributed by atoms with Gasteiger partial charge < -0.3 is 5.11 Å². The molecule has 0 atom stereocenters. The highest BCUT2D eigenvalue weighted by molar-refractivity contribution is 5.86. The third-order valence-corrected chi connectivity index (χ3v) is 1.48. The molecule has 0 spiro atoms. The van der Waals surface area contributed by atoms with Gasteiger partial charge in [-0.2, -0.15) is 0 Å². The Morgan fingerprint density at radius 3 is 2.85 bits per heavy atom. The van der Waals surface area contributed by atoms with Crippen LogP contribution in [0.25, 0.3) is 0 Å². The van der Waals surface area contributed by atoms with Crippen LogP contribution in [0.3, 0.4) is 0 Å². The lowest BCUT2D eigenvalue weighted by atomic mass is 10.2. The van der Waals surface area contributed by atoms with Crippen LogP contribution in [0, 0.1) is 0 Å². The number of aliphatic imine (C=N–C) groups is 1. The third kappa shape index (κ3) is 3.07. The van der Waals surface area contributed by atoms with Crippen molar-refractivity contribution in [1.29, 1.82) is 0 Å². The molecule has 3 heteroatoms. The molecular formula is C10H11NO2. The molecule has 68 valence electrons. The number of rotatable bonds is 3. The maximum absolute atomic E-state index is 10.5. The van der Waals surface area contributed by atoms with Gasteiger partial charge in [0.2, 0.25) is 0 Å². The fourth-order valence-electron chi connectivity index (χ4n) is 0.869. The Morgan fingerprint density at radius 1 is 1.54 bits per heavy atom. The van der Waals surface area contributed by atoms with Gasteiger partial charge in [-0.15, -0.1) is 0 Å². The SMILES string of the molecule is CC(=O)CN=Cc1ccccc1O. The number of nitrogens with zero attached hydrogens (tertiary/aromatic N) is 1. The quantitative estimate of drug-likeness (QED) is 0.709. The fraction of sp³-hybridized carbons (Fsp3) is 0.200. The maximum Gasteiger partial charge on any atom is 0.151 e. The molecule has 0 unspecified atom stereocenters. The third-order valence-electron chi connectivity index (χ3n) is 1.48. The van der Waals surface area contributed by atoms with E-state index in [0.29, 0.717) is 5.56 Å². The smallest absolute Gasteiger partial charge is 0.151 e. The first-order valence-electron chi connectivity index (χ1n) is 3.97. The molecular weight excluding hydrogens is 166 g/mol. The maximum atomic E-state index is 10.5. The lowest BCUT2D eigenvalue weighted by molar-refractivity contribution is -0.115. The Bertz CT molecular complexity index is 331. The van der Waals surface area contributed by atoms with Crippen molar-refractivity contribution in [3.05, 3.63) is 29.8 Å². The van der Waals surface area contributed by atoms with E-state index in [9.17, 15) is 9.90 Å². The van der Waals surface area contributed by atoms with Gasteiger partial charge in [0.05, 0.1) is 6.54 Å². The molecule has 0 saturated heterocycles. The molecule has 0 aliphatic heterocycles. The van der Waals surface area contributed by atoms with Crippen LogP contribution in [-0.2, 0) is 4.79 Å². The fourth-order valence-corrected chi connectivity index (χ4v) is 0.869. The normalized spacial score (nSPS) is 10.5. The second-order valence-electron chi connectivity index (χ2n) is 2.73. The summed E-state index contributed by atoms with van der Waals surface area (Å²) in [5.74, 6) is 0.182. The summed E-state index contributed by atoms with van der Waals surface area (Å²) in [5, 5.41) is 9.30. The molecule has 0 radical (unpaired) electrons. The first kappa shape index (κ1) is 9.45. The van der Waals surface area contributed by atoms with Crippen molar-refractivity contribution in [2.24, 2.45) is 4.99 Å². The molecule has 0 bridgehead atoms. The van der Waals surface area contributed by atoms with Crippen LogP contribution in [0.4, 0.5) is 0 Å². The van der Waals surface area contributed by atoms with Crippen molar-refractivity contribution >= 4 is 12.0 Å². The van der Waals surface area contributed by atoms with E-state index in [4.69, 9.17) is 0 Å². The number of hydrogen-bond acceptors (Lipinski definition) is 3. The second-order valence-corrected chi connectivity index (χ2v) is 2.73. The monoisotopic (exact) mass is 177 g/mol. The predicted molar refractivity (Wildman–Crippen MR) is 51.2 cm³/mol. The topological polar surface area (TPSA) is 49.7 Å².